The van der Waals surface area contributed by atoms with E-state index in [1.54, 1.807) is 0 Å². The van der Waals surface area contributed by atoms with E-state index in [-0.39, 0.29) is 6.04 Å². The van der Waals surface area contributed by atoms with Crippen molar-refractivity contribution in [2.24, 2.45) is 0 Å². The molecule has 0 aliphatic carbocycles. The number of hydrogen-bond acceptors (Lipinski definition) is 2. The molecular formula is C4H9NO2S2. The van der Waals surface area contributed by atoms with Gasteiger partial charge in [-0.05, 0) is 12.2 Å². The van der Waals surface area contributed by atoms with Crippen LogP contribution in [0.4, 0.5) is 0 Å². The van der Waals surface area contributed by atoms with Crippen molar-refractivity contribution in [1.29, 1.82) is 0 Å². The van der Waals surface area contributed by atoms with Crippen molar-refractivity contribution in [2.75, 3.05) is 11.5 Å². The van der Waals surface area contributed by atoms with Gasteiger partial charge in [-0.1, -0.05) is 0 Å². The van der Waals surface area contributed by atoms with Gasteiger partial charge in [0.1, 0.15) is 0 Å². The van der Waals surface area contributed by atoms with Crippen LogP contribution in [0.2, 0.25) is 0 Å². The van der Waals surface area contributed by atoms with Gasteiger partial charge in [0.25, 0.3) is 0 Å². The van der Waals surface area contributed by atoms with Crippen molar-refractivity contribution in [3.8, 4) is 0 Å². The first-order valence-corrected chi connectivity index (χ1v) is 5.00. The Morgan fingerprint density at radius 1 is 1.78 bits per heavy atom. The summed E-state index contributed by atoms with van der Waals surface area (Å²) in [6, 6.07) is 0.251. The average molecular weight is 167 g/mol. The maximum Gasteiger partial charge on any atom is 0.232 e. The zero-order chi connectivity index (χ0) is 6.69. The first-order chi connectivity index (χ1) is 4.29. The van der Waals surface area contributed by atoms with Gasteiger partial charge in [-0.15, -0.1) is 0 Å². The van der Waals surface area contributed by atoms with Crippen LogP contribution in [-0.4, -0.2) is 26.3 Å². The molecular weight excluding hydrogens is 158 g/mol. The molecule has 1 aliphatic heterocycles. The number of rotatable bonds is 2. The van der Waals surface area contributed by atoms with Crippen LogP contribution in [0.15, 0.2) is 0 Å². The van der Waals surface area contributed by atoms with Crippen LogP contribution in [-0.2, 0) is 11.3 Å². The highest BCUT2D eigenvalue weighted by atomic mass is 32.2. The molecule has 1 aliphatic rings. The third-order valence-electron chi connectivity index (χ3n) is 1.20. The Bertz CT molecular complexity index is 113. The highest BCUT2D eigenvalue weighted by Crippen LogP contribution is 2.16. The summed E-state index contributed by atoms with van der Waals surface area (Å²) in [7, 11) is 0. The molecule has 0 spiro atoms. The summed E-state index contributed by atoms with van der Waals surface area (Å²) < 4.78 is 21.1. The molecule has 0 aromatic heterocycles. The molecule has 2 N–H and O–H groups in total. The van der Waals surface area contributed by atoms with Crippen LogP contribution in [0.3, 0.4) is 0 Å². The minimum absolute atomic E-state index is 0.251. The molecule has 0 bridgehead atoms. The molecule has 5 heteroatoms. The summed E-state index contributed by atoms with van der Waals surface area (Å²) in [6.07, 6.45) is 1.01. The molecule has 2 unspecified atom stereocenters. The van der Waals surface area contributed by atoms with Crippen molar-refractivity contribution in [3.63, 3.8) is 0 Å². The van der Waals surface area contributed by atoms with Gasteiger partial charge in [-0.2, -0.15) is 11.8 Å². The molecule has 1 rings (SSSR count). The van der Waals surface area contributed by atoms with Crippen LogP contribution in [0.5, 0.6) is 0 Å². The van der Waals surface area contributed by atoms with E-state index in [9.17, 15) is 4.21 Å². The zero-order valence-electron chi connectivity index (χ0n) is 4.87. The molecule has 0 saturated carbocycles. The highest BCUT2D eigenvalue weighted by Gasteiger charge is 2.15. The molecule has 0 aromatic rings. The molecule has 3 nitrogen and oxygen atoms in total. The van der Waals surface area contributed by atoms with Crippen molar-refractivity contribution in [2.45, 2.75) is 12.5 Å². The van der Waals surface area contributed by atoms with E-state index in [1.165, 1.54) is 0 Å². The monoisotopic (exact) mass is 167 g/mol. The summed E-state index contributed by atoms with van der Waals surface area (Å²) >= 11 is -0.00262. The normalized spacial score (nSPS) is 30.6. The van der Waals surface area contributed by atoms with Crippen LogP contribution in [0.25, 0.3) is 0 Å². The summed E-state index contributed by atoms with van der Waals surface area (Å²) in [5.74, 6) is 2.07. The van der Waals surface area contributed by atoms with E-state index in [1.807, 2.05) is 11.8 Å². The van der Waals surface area contributed by atoms with Gasteiger partial charge in [0.05, 0.1) is 0 Å². The van der Waals surface area contributed by atoms with Crippen molar-refractivity contribution >= 4 is 23.0 Å². The van der Waals surface area contributed by atoms with Crippen LogP contribution in [0, 0.1) is 0 Å². The fraction of sp³-hybridized carbons (Fsp3) is 1.00. The molecule has 1 heterocycles. The molecule has 9 heavy (non-hydrogen) atoms. The topological polar surface area (TPSA) is 49.3 Å². The minimum Gasteiger partial charge on any atom is -0.294 e. The Morgan fingerprint density at radius 2 is 2.56 bits per heavy atom. The predicted molar refractivity (Wildman–Crippen MR) is 39.6 cm³/mol. The SMILES string of the molecule is O=S(O)NC1CCSC1. The van der Waals surface area contributed by atoms with E-state index in [0.29, 0.717) is 0 Å². The van der Waals surface area contributed by atoms with Gasteiger partial charge in [0.15, 0.2) is 0 Å². The second kappa shape index (κ2) is 3.55. The lowest BCUT2D eigenvalue weighted by Crippen LogP contribution is -2.29. The van der Waals surface area contributed by atoms with E-state index >= 15 is 0 Å². The largest absolute Gasteiger partial charge is 0.294 e. The fourth-order valence-electron chi connectivity index (χ4n) is 0.770. The smallest absolute Gasteiger partial charge is 0.232 e. The van der Waals surface area contributed by atoms with E-state index in [4.69, 9.17) is 4.55 Å². The molecule has 0 radical (unpaired) electrons. The fourth-order valence-corrected chi connectivity index (χ4v) is 2.51. The van der Waals surface area contributed by atoms with Crippen molar-refractivity contribution in [1.82, 2.24) is 4.72 Å². The van der Waals surface area contributed by atoms with E-state index in [2.05, 4.69) is 4.72 Å². The van der Waals surface area contributed by atoms with Gasteiger partial charge in [0, 0.05) is 11.8 Å². The van der Waals surface area contributed by atoms with Gasteiger partial charge in [0.2, 0.25) is 11.3 Å². The summed E-state index contributed by atoms with van der Waals surface area (Å²) in [4.78, 5) is 0. The average Bonchev–Trinajstić information content (AvgIpc) is 2.15. The maximum absolute atomic E-state index is 10.1. The Kier molecular flexibility index (Phi) is 2.97. The number of nitrogens with one attached hydrogen (secondary N) is 1. The highest BCUT2D eigenvalue weighted by molar-refractivity contribution is 7.99. The first kappa shape index (κ1) is 7.53. The van der Waals surface area contributed by atoms with Crippen LogP contribution >= 0.6 is 11.8 Å². The number of thioether (sulfide) groups is 1. The molecule has 2 atom stereocenters. The summed E-state index contributed by atoms with van der Waals surface area (Å²) in [5, 5.41) is 0. The Balaban J connectivity index is 2.19. The quantitative estimate of drug-likeness (QED) is 0.578. The standard InChI is InChI=1S/C4H9NO2S2/c6-9(7)5-4-1-2-8-3-4/h4-5H,1-3H2,(H,6,7). The van der Waals surface area contributed by atoms with Gasteiger partial charge in [-0.3, -0.25) is 4.55 Å². The summed E-state index contributed by atoms with van der Waals surface area (Å²) in [6.45, 7) is 0. The number of hydrogen-bond donors (Lipinski definition) is 2. The lowest BCUT2D eigenvalue weighted by Gasteiger charge is -2.04. The van der Waals surface area contributed by atoms with Gasteiger partial charge >= 0.3 is 0 Å². The van der Waals surface area contributed by atoms with Crippen LogP contribution in [0.1, 0.15) is 6.42 Å². The molecule has 54 valence electrons. The molecule has 0 aromatic carbocycles. The minimum atomic E-state index is -1.82. The lowest BCUT2D eigenvalue weighted by molar-refractivity contribution is 0.533. The lowest BCUT2D eigenvalue weighted by atomic mass is 10.3. The predicted octanol–water partition coefficient (Wildman–Crippen LogP) is 0.218. The second-order valence-corrected chi connectivity index (χ2v) is 3.81. The Labute approximate surface area is 61.0 Å². The van der Waals surface area contributed by atoms with Gasteiger partial charge < -0.3 is 0 Å². The maximum atomic E-state index is 10.1. The Hall–Kier alpha value is 0.420. The van der Waals surface area contributed by atoms with E-state index < -0.39 is 11.3 Å². The van der Waals surface area contributed by atoms with Crippen molar-refractivity contribution in [3.05, 3.63) is 0 Å². The second-order valence-electron chi connectivity index (χ2n) is 1.93. The molecule has 1 saturated heterocycles. The Morgan fingerprint density at radius 3 is 3.00 bits per heavy atom. The van der Waals surface area contributed by atoms with Gasteiger partial charge in [-0.25, -0.2) is 8.93 Å². The first-order valence-electron chi connectivity index (χ1n) is 2.74. The van der Waals surface area contributed by atoms with E-state index in [0.717, 1.165) is 17.9 Å². The molecule has 0 amide bonds. The van der Waals surface area contributed by atoms with Crippen molar-refractivity contribution < 1.29 is 8.76 Å². The molecule has 1 fully saturated rings. The third-order valence-corrected chi connectivity index (χ3v) is 2.89. The third kappa shape index (κ3) is 2.66. The zero-order valence-corrected chi connectivity index (χ0v) is 6.50. The summed E-state index contributed by atoms with van der Waals surface area (Å²) in [5.41, 5.74) is 0. The van der Waals surface area contributed by atoms with Crippen LogP contribution < -0.4 is 4.72 Å².